The van der Waals surface area contributed by atoms with Gasteiger partial charge in [0, 0.05) is 15.4 Å². The van der Waals surface area contributed by atoms with E-state index in [0.717, 1.165) is 10.2 Å². The maximum atomic E-state index is 5.85. The highest BCUT2D eigenvalue weighted by molar-refractivity contribution is 9.10. The van der Waals surface area contributed by atoms with Crippen molar-refractivity contribution < 1.29 is 4.74 Å². The molecule has 0 radical (unpaired) electrons. The number of hydrogen-bond acceptors (Lipinski definition) is 1. The minimum atomic E-state index is 0.0624. The molecule has 1 aromatic heterocycles. The van der Waals surface area contributed by atoms with Crippen LogP contribution in [0, 0.1) is 0 Å². The first-order valence-electron chi connectivity index (χ1n) is 5.73. The average Bonchev–Trinajstić information content (AvgIpc) is 2.64. The molecular formula is C14H14BrNO. The van der Waals surface area contributed by atoms with Crippen LogP contribution in [0.5, 0.6) is 0 Å². The minimum absolute atomic E-state index is 0.0624. The van der Waals surface area contributed by atoms with E-state index >= 15 is 0 Å². The van der Waals surface area contributed by atoms with Gasteiger partial charge in [0.25, 0.3) is 0 Å². The summed E-state index contributed by atoms with van der Waals surface area (Å²) in [5.41, 5.74) is 3.70. The summed E-state index contributed by atoms with van der Waals surface area (Å²) in [6.07, 6.45) is 0.0624. The number of fused-ring (bicyclic) bond motifs is 3. The Hall–Kier alpha value is -1.22. The first-order valence-corrected chi connectivity index (χ1v) is 6.52. The zero-order chi connectivity index (χ0) is 12.2. The predicted molar refractivity (Wildman–Crippen MR) is 73.7 cm³/mol. The van der Waals surface area contributed by atoms with E-state index in [1.165, 1.54) is 22.2 Å². The fourth-order valence-electron chi connectivity index (χ4n) is 2.46. The van der Waals surface area contributed by atoms with Gasteiger partial charge in [-0.05, 0) is 45.0 Å². The van der Waals surface area contributed by atoms with Crippen molar-refractivity contribution in [3.63, 3.8) is 0 Å². The molecule has 1 aliphatic rings. The number of ether oxygens (including phenoxy) is 1. The van der Waals surface area contributed by atoms with E-state index in [1.54, 1.807) is 0 Å². The summed E-state index contributed by atoms with van der Waals surface area (Å²) in [6, 6.07) is 8.59. The van der Waals surface area contributed by atoms with Crippen LogP contribution < -0.4 is 0 Å². The third-order valence-corrected chi connectivity index (χ3v) is 3.92. The molecule has 0 fully saturated rings. The van der Waals surface area contributed by atoms with Crippen molar-refractivity contribution in [2.45, 2.75) is 27.0 Å². The molecule has 88 valence electrons. The molecule has 3 rings (SSSR count). The molecule has 17 heavy (non-hydrogen) atoms. The van der Waals surface area contributed by atoms with Crippen molar-refractivity contribution in [3.05, 3.63) is 40.2 Å². The molecule has 0 amide bonds. The van der Waals surface area contributed by atoms with Gasteiger partial charge in [-0.15, -0.1) is 0 Å². The van der Waals surface area contributed by atoms with E-state index in [4.69, 9.17) is 4.74 Å². The molecule has 2 nitrogen and oxygen atoms in total. The van der Waals surface area contributed by atoms with Gasteiger partial charge in [-0.2, -0.15) is 0 Å². The number of halogens is 1. The van der Waals surface area contributed by atoms with E-state index in [1.807, 2.05) is 6.92 Å². The smallest absolute Gasteiger partial charge is 0.173 e. The monoisotopic (exact) mass is 291 g/mol. The standard InChI is InChI=1S/C14H14BrNO/c1-8-9(2)17-10(3)16-13-5-4-12(15)6-11(13)7-14(8)16/h4-7,10H,1-3H3. The van der Waals surface area contributed by atoms with Crippen molar-refractivity contribution >= 4 is 32.4 Å². The highest BCUT2D eigenvalue weighted by atomic mass is 79.9. The minimum Gasteiger partial charge on any atom is -0.475 e. The van der Waals surface area contributed by atoms with E-state index in [0.29, 0.717) is 0 Å². The molecule has 0 bridgehead atoms. The van der Waals surface area contributed by atoms with Gasteiger partial charge in [-0.1, -0.05) is 15.9 Å². The Bertz CT molecular complexity index is 639. The second-order valence-corrected chi connectivity index (χ2v) is 5.42. The summed E-state index contributed by atoms with van der Waals surface area (Å²) in [6.45, 7) is 6.23. The van der Waals surface area contributed by atoms with Crippen molar-refractivity contribution in [2.75, 3.05) is 0 Å². The lowest BCUT2D eigenvalue weighted by molar-refractivity contribution is 0.0712. The van der Waals surface area contributed by atoms with Crippen molar-refractivity contribution in [1.82, 2.24) is 4.57 Å². The van der Waals surface area contributed by atoms with Gasteiger partial charge in [0.15, 0.2) is 6.23 Å². The van der Waals surface area contributed by atoms with Crippen LogP contribution in [0.2, 0.25) is 0 Å². The molecule has 0 spiro atoms. The van der Waals surface area contributed by atoms with Crippen LogP contribution in [0.1, 0.15) is 32.7 Å². The topological polar surface area (TPSA) is 14.2 Å². The van der Waals surface area contributed by atoms with Gasteiger partial charge in [-0.3, -0.25) is 0 Å². The summed E-state index contributed by atoms with van der Waals surface area (Å²) in [4.78, 5) is 0. The number of nitrogens with zero attached hydrogens (tertiary/aromatic N) is 1. The molecule has 1 aromatic carbocycles. The van der Waals surface area contributed by atoms with Gasteiger partial charge < -0.3 is 9.30 Å². The number of allylic oxidation sites excluding steroid dienone is 2. The van der Waals surface area contributed by atoms with E-state index in [9.17, 15) is 0 Å². The fraction of sp³-hybridized carbons (Fsp3) is 0.286. The van der Waals surface area contributed by atoms with Crippen molar-refractivity contribution in [2.24, 2.45) is 0 Å². The number of rotatable bonds is 0. The normalized spacial score (nSPS) is 19.4. The van der Waals surface area contributed by atoms with Gasteiger partial charge >= 0.3 is 0 Å². The third-order valence-electron chi connectivity index (χ3n) is 3.42. The first kappa shape index (κ1) is 10.9. The zero-order valence-corrected chi connectivity index (χ0v) is 11.7. The van der Waals surface area contributed by atoms with Crippen LogP contribution in [0.25, 0.3) is 16.5 Å². The number of hydrogen-bond donors (Lipinski definition) is 0. The van der Waals surface area contributed by atoms with Gasteiger partial charge in [0.2, 0.25) is 0 Å². The lowest BCUT2D eigenvalue weighted by Gasteiger charge is -2.27. The summed E-state index contributed by atoms with van der Waals surface area (Å²) in [7, 11) is 0. The molecular weight excluding hydrogens is 278 g/mol. The quantitative estimate of drug-likeness (QED) is 0.686. The highest BCUT2D eigenvalue weighted by Crippen LogP contribution is 2.36. The molecule has 0 aliphatic carbocycles. The SMILES string of the molecule is CC1=C(C)c2cc3cc(Br)ccc3n2C(C)O1. The van der Waals surface area contributed by atoms with E-state index in [2.05, 4.69) is 58.6 Å². The Morgan fingerprint density at radius 2 is 2.00 bits per heavy atom. The van der Waals surface area contributed by atoms with Crippen LogP contribution in [-0.4, -0.2) is 4.57 Å². The van der Waals surface area contributed by atoms with Crippen LogP contribution in [0.15, 0.2) is 34.5 Å². The first-order chi connectivity index (χ1) is 8.08. The van der Waals surface area contributed by atoms with E-state index in [-0.39, 0.29) is 6.23 Å². The van der Waals surface area contributed by atoms with Crippen molar-refractivity contribution in [1.29, 1.82) is 0 Å². The molecule has 3 heteroatoms. The second-order valence-electron chi connectivity index (χ2n) is 4.50. The Kier molecular flexibility index (Phi) is 2.33. The molecule has 0 N–H and O–H groups in total. The third kappa shape index (κ3) is 1.53. The Balaban J connectivity index is 2.38. The average molecular weight is 292 g/mol. The summed E-state index contributed by atoms with van der Waals surface area (Å²) in [5, 5.41) is 1.25. The molecule has 2 aromatic rings. The van der Waals surface area contributed by atoms with Crippen LogP contribution in [-0.2, 0) is 4.74 Å². The maximum absolute atomic E-state index is 5.85. The predicted octanol–water partition coefficient (Wildman–Crippen LogP) is 4.70. The highest BCUT2D eigenvalue weighted by Gasteiger charge is 2.22. The lowest BCUT2D eigenvalue weighted by atomic mass is 10.1. The summed E-state index contributed by atoms with van der Waals surface area (Å²) >= 11 is 3.52. The number of aromatic nitrogens is 1. The molecule has 0 saturated carbocycles. The molecule has 1 atom stereocenters. The van der Waals surface area contributed by atoms with E-state index < -0.39 is 0 Å². The molecule has 1 aliphatic heterocycles. The molecule has 1 unspecified atom stereocenters. The second kappa shape index (κ2) is 3.64. The fourth-order valence-corrected chi connectivity index (χ4v) is 2.84. The Morgan fingerprint density at radius 3 is 2.76 bits per heavy atom. The van der Waals surface area contributed by atoms with Gasteiger partial charge in [0.05, 0.1) is 11.2 Å². The lowest BCUT2D eigenvalue weighted by Crippen LogP contribution is -2.16. The Labute approximate surface area is 109 Å². The molecule has 2 heterocycles. The summed E-state index contributed by atoms with van der Waals surface area (Å²) < 4.78 is 9.22. The van der Waals surface area contributed by atoms with Crippen LogP contribution >= 0.6 is 15.9 Å². The van der Waals surface area contributed by atoms with Crippen LogP contribution in [0.4, 0.5) is 0 Å². The Morgan fingerprint density at radius 1 is 1.24 bits per heavy atom. The largest absolute Gasteiger partial charge is 0.475 e. The maximum Gasteiger partial charge on any atom is 0.173 e. The van der Waals surface area contributed by atoms with Crippen molar-refractivity contribution in [3.8, 4) is 0 Å². The number of benzene rings is 1. The van der Waals surface area contributed by atoms with Gasteiger partial charge in [0.1, 0.15) is 5.76 Å². The van der Waals surface area contributed by atoms with Crippen LogP contribution in [0.3, 0.4) is 0 Å². The van der Waals surface area contributed by atoms with Gasteiger partial charge in [-0.25, -0.2) is 0 Å². The molecule has 0 saturated heterocycles. The zero-order valence-electron chi connectivity index (χ0n) is 10.1. The summed E-state index contributed by atoms with van der Waals surface area (Å²) in [5.74, 6) is 1.02.